The second kappa shape index (κ2) is 4.60. The third kappa shape index (κ3) is 2.43. The molecule has 1 aliphatic heterocycles. The summed E-state index contributed by atoms with van der Waals surface area (Å²) in [6.07, 6.45) is 5.10. The Morgan fingerprint density at radius 2 is 2.31 bits per heavy atom. The fourth-order valence-electron chi connectivity index (χ4n) is 1.38. The van der Waals surface area contributed by atoms with Gasteiger partial charge in [0.25, 0.3) is 0 Å². The number of aromatic nitrogens is 1. The highest BCUT2D eigenvalue weighted by Gasteiger charge is 2.22. The molecule has 74 valence electrons. The summed E-state index contributed by atoms with van der Waals surface area (Å²) in [5.74, 6) is 0.807. The quantitative estimate of drug-likeness (QED) is 0.749. The lowest BCUT2D eigenvalue weighted by Crippen LogP contribution is -2.32. The molecule has 13 heavy (non-hydrogen) atoms. The fourth-order valence-corrected chi connectivity index (χ4v) is 1.38. The summed E-state index contributed by atoms with van der Waals surface area (Å²) in [4.78, 5) is 3.84. The molecule has 0 radical (unpaired) electrons. The largest absolute Gasteiger partial charge is 0.446 e. The normalized spacial score (nSPS) is 28.1. The van der Waals surface area contributed by atoms with E-state index >= 15 is 0 Å². The van der Waals surface area contributed by atoms with Gasteiger partial charge in [0, 0.05) is 6.04 Å². The zero-order chi connectivity index (χ0) is 8.39. The van der Waals surface area contributed by atoms with Crippen LogP contribution < -0.4 is 5.73 Å². The number of nitrogens with zero attached hydrogens (tertiary/aromatic N) is 1. The summed E-state index contributed by atoms with van der Waals surface area (Å²) in [6, 6.07) is 0.184. The van der Waals surface area contributed by atoms with Crippen molar-refractivity contribution in [3.63, 3.8) is 0 Å². The maximum absolute atomic E-state index is 5.68. The van der Waals surface area contributed by atoms with E-state index in [9.17, 15) is 0 Å². The molecule has 1 aromatic rings. The summed E-state index contributed by atoms with van der Waals surface area (Å²) >= 11 is 0. The smallest absolute Gasteiger partial charge is 0.180 e. The minimum absolute atomic E-state index is 0. The molecule has 2 N–H and O–H groups in total. The summed E-state index contributed by atoms with van der Waals surface area (Å²) in [5.41, 5.74) is 5.68. The fraction of sp³-hybridized carbons (Fsp3) is 0.625. The van der Waals surface area contributed by atoms with Crippen molar-refractivity contribution in [1.82, 2.24) is 4.98 Å². The monoisotopic (exact) mass is 204 g/mol. The van der Waals surface area contributed by atoms with Crippen molar-refractivity contribution in [3.05, 3.63) is 18.4 Å². The van der Waals surface area contributed by atoms with E-state index in [0.29, 0.717) is 6.61 Å². The molecule has 0 bridgehead atoms. The van der Waals surface area contributed by atoms with Crippen molar-refractivity contribution in [2.24, 2.45) is 5.73 Å². The van der Waals surface area contributed by atoms with E-state index in [0.717, 1.165) is 18.6 Å². The van der Waals surface area contributed by atoms with Gasteiger partial charge >= 0.3 is 0 Å². The lowest BCUT2D eigenvalue weighted by Gasteiger charge is -2.24. The Balaban J connectivity index is 0.000000845. The Labute approximate surface area is 82.9 Å². The van der Waals surface area contributed by atoms with Crippen LogP contribution >= 0.6 is 12.4 Å². The molecule has 1 aliphatic rings. The molecule has 0 unspecified atom stereocenters. The Morgan fingerprint density at radius 3 is 2.85 bits per heavy atom. The minimum atomic E-state index is 0. The third-order valence-corrected chi connectivity index (χ3v) is 2.08. The Hall–Kier alpha value is -0.580. The molecule has 0 saturated carbocycles. The average molecular weight is 205 g/mol. The highest BCUT2D eigenvalue weighted by Crippen LogP contribution is 2.26. The lowest BCUT2D eigenvalue weighted by atomic mass is 10.0. The van der Waals surface area contributed by atoms with Gasteiger partial charge in [-0.05, 0) is 12.8 Å². The van der Waals surface area contributed by atoms with Crippen molar-refractivity contribution < 1.29 is 9.15 Å². The molecule has 2 rings (SSSR count). The average Bonchev–Trinajstić information content (AvgIpc) is 2.58. The lowest BCUT2D eigenvalue weighted by molar-refractivity contribution is -0.00813. The van der Waals surface area contributed by atoms with Crippen LogP contribution in [0.3, 0.4) is 0 Å². The molecule has 1 fully saturated rings. The highest BCUT2D eigenvalue weighted by atomic mass is 35.5. The molecule has 5 heteroatoms. The third-order valence-electron chi connectivity index (χ3n) is 2.08. The molecule has 2 heterocycles. The van der Waals surface area contributed by atoms with Gasteiger partial charge in [-0.1, -0.05) is 0 Å². The summed E-state index contributed by atoms with van der Waals surface area (Å²) in [5, 5.41) is 0. The van der Waals surface area contributed by atoms with Gasteiger partial charge in [-0.15, -0.1) is 12.4 Å². The van der Waals surface area contributed by atoms with Crippen LogP contribution in [-0.4, -0.2) is 17.6 Å². The van der Waals surface area contributed by atoms with Crippen LogP contribution in [0.5, 0.6) is 0 Å². The van der Waals surface area contributed by atoms with E-state index in [4.69, 9.17) is 14.9 Å². The molecule has 0 amide bonds. The van der Waals surface area contributed by atoms with Gasteiger partial charge in [0.1, 0.15) is 6.10 Å². The topological polar surface area (TPSA) is 61.3 Å². The van der Waals surface area contributed by atoms with E-state index in [1.807, 2.05) is 0 Å². The van der Waals surface area contributed by atoms with Crippen molar-refractivity contribution in [1.29, 1.82) is 0 Å². The zero-order valence-electron chi connectivity index (χ0n) is 7.18. The first kappa shape index (κ1) is 10.5. The van der Waals surface area contributed by atoms with Gasteiger partial charge < -0.3 is 14.9 Å². The van der Waals surface area contributed by atoms with Gasteiger partial charge in [-0.2, -0.15) is 0 Å². The van der Waals surface area contributed by atoms with E-state index in [1.54, 1.807) is 6.20 Å². The molecular formula is C8H13ClN2O2. The standard InChI is InChI=1S/C8H12N2O2.ClH/c9-6-1-2-7(11-4-6)8-3-10-5-12-8;/h3,5-7H,1-2,4,9H2;1H/t6-,7+;/m1./s1. The predicted octanol–water partition coefficient (Wildman–Crippen LogP) is 1.28. The zero-order valence-corrected chi connectivity index (χ0v) is 8.00. The van der Waals surface area contributed by atoms with Crippen molar-refractivity contribution in [2.45, 2.75) is 25.0 Å². The highest BCUT2D eigenvalue weighted by molar-refractivity contribution is 5.85. The first-order valence-corrected chi connectivity index (χ1v) is 4.12. The Bertz CT molecular complexity index is 232. The maximum Gasteiger partial charge on any atom is 0.180 e. The molecule has 1 aromatic heterocycles. The summed E-state index contributed by atoms with van der Waals surface area (Å²) in [7, 11) is 0. The van der Waals surface area contributed by atoms with E-state index in [-0.39, 0.29) is 24.6 Å². The molecule has 0 aromatic carbocycles. The van der Waals surface area contributed by atoms with Crippen LogP contribution in [-0.2, 0) is 4.74 Å². The molecule has 0 aliphatic carbocycles. The SMILES string of the molecule is Cl.N[C@@H]1CC[C@@H](c2cnco2)OC1. The van der Waals surface area contributed by atoms with Crippen LogP contribution in [0.2, 0.25) is 0 Å². The second-order valence-corrected chi connectivity index (χ2v) is 3.06. The van der Waals surface area contributed by atoms with Crippen LogP contribution in [0.1, 0.15) is 24.7 Å². The number of rotatable bonds is 1. The Morgan fingerprint density at radius 1 is 1.46 bits per heavy atom. The number of hydrogen-bond acceptors (Lipinski definition) is 4. The first-order valence-electron chi connectivity index (χ1n) is 4.12. The molecule has 1 saturated heterocycles. The summed E-state index contributed by atoms with van der Waals surface area (Å²) in [6.45, 7) is 0.616. The van der Waals surface area contributed by atoms with Gasteiger partial charge in [0.05, 0.1) is 12.8 Å². The van der Waals surface area contributed by atoms with E-state index in [2.05, 4.69) is 4.98 Å². The summed E-state index contributed by atoms with van der Waals surface area (Å²) < 4.78 is 10.6. The van der Waals surface area contributed by atoms with Crippen LogP contribution in [0.25, 0.3) is 0 Å². The van der Waals surface area contributed by atoms with Gasteiger partial charge in [-0.3, -0.25) is 0 Å². The van der Waals surface area contributed by atoms with Crippen molar-refractivity contribution >= 4 is 12.4 Å². The van der Waals surface area contributed by atoms with Crippen molar-refractivity contribution in [3.8, 4) is 0 Å². The molecule has 2 atom stereocenters. The second-order valence-electron chi connectivity index (χ2n) is 3.06. The van der Waals surface area contributed by atoms with Crippen molar-refractivity contribution in [2.75, 3.05) is 6.61 Å². The molecule has 4 nitrogen and oxygen atoms in total. The number of ether oxygens (including phenoxy) is 1. The molecular weight excluding hydrogens is 192 g/mol. The Kier molecular flexibility index (Phi) is 3.71. The first-order chi connectivity index (χ1) is 5.86. The van der Waals surface area contributed by atoms with Crippen LogP contribution in [0.4, 0.5) is 0 Å². The molecule has 0 spiro atoms. The van der Waals surface area contributed by atoms with Gasteiger partial charge in [0.2, 0.25) is 0 Å². The van der Waals surface area contributed by atoms with Crippen LogP contribution in [0, 0.1) is 0 Å². The number of nitrogens with two attached hydrogens (primary N) is 1. The van der Waals surface area contributed by atoms with E-state index < -0.39 is 0 Å². The van der Waals surface area contributed by atoms with Gasteiger partial charge in [0.15, 0.2) is 12.2 Å². The maximum atomic E-state index is 5.68. The number of halogens is 1. The van der Waals surface area contributed by atoms with E-state index in [1.165, 1.54) is 6.39 Å². The minimum Gasteiger partial charge on any atom is -0.446 e. The van der Waals surface area contributed by atoms with Crippen LogP contribution in [0.15, 0.2) is 17.0 Å². The number of oxazole rings is 1. The predicted molar refractivity (Wildman–Crippen MR) is 49.7 cm³/mol. The number of hydrogen-bond donors (Lipinski definition) is 1. The van der Waals surface area contributed by atoms with Gasteiger partial charge in [-0.25, -0.2) is 4.98 Å².